The maximum atomic E-state index is 13.2. The molecule has 1 aromatic carbocycles. The Morgan fingerprint density at radius 2 is 2.03 bits per heavy atom. The van der Waals surface area contributed by atoms with Crippen molar-refractivity contribution in [2.45, 2.75) is 24.3 Å². The van der Waals surface area contributed by atoms with Crippen LogP contribution in [-0.2, 0) is 30.0 Å². The lowest BCUT2D eigenvalue weighted by Crippen LogP contribution is -2.24. The van der Waals surface area contributed by atoms with Crippen molar-refractivity contribution in [2.24, 2.45) is 7.05 Å². The number of carbonyl (C=O) groups is 1. The van der Waals surface area contributed by atoms with Crippen molar-refractivity contribution in [2.75, 3.05) is 0 Å². The van der Waals surface area contributed by atoms with E-state index in [1.807, 2.05) is 29.9 Å². The highest BCUT2D eigenvalue weighted by molar-refractivity contribution is 7.89. The topological polar surface area (TPSA) is 94.0 Å². The van der Waals surface area contributed by atoms with Gasteiger partial charge < -0.3 is 4.57 Å². The zero-order valence-corrected chi connectivity index (χ0v) is 17.0. The number of aromatic nitrogens is 3. The number of benzene rings is 1. The van der Waals surface area contributed by atoms with Gasteiger partial charge in [0.15, 0.2) is 5.78 Å². The molecule has 0 saturated heterocycles. The number of aryl methyl sites for hydroxylation is 2. The minimum Gasteiger partial charge on any atom is -0.354 e. The quantitative estimate of drug-likeness (QED) is 0.548. The molecule has 1 N–H and O–H groups in total. The monoisotopic (exact) mass is 436 g/mol. The summed E-state index contributed by atoms with van der Waals surface area (Å²) in [5.41, 5.74) is 1.59. The van der Waals surface area contributed by atoms with Gasteiger partial charge in [-0.2, -0.15) is 0 Å². The normalized spacial score (nSPS) is 11.6. The predicted octanol–water partition coefficient (Wildman–Crippen LogP) is 2.90. The summed E-state index contributed by atoms with van der Waals surface area (Å²) >= 11 is 5.63. The number of Topliss-reactive ketones (excluding diaryl/α,β-unsaturated/α-hetero) is 1. The van der Waals surface area contributed by atoms with Crippen LogP contribution < -0.4 is 4.72 Å². The van der Waals surface area contributed by atoms with E-state index < -0.39 is 15.8 Å². The van der Waals surface area contributed by atoms with E-state index in [0.29, 0.717) is 18.5 Å². The van der Waals surface area contributed by atoms with Crippen molar-refractivity contribution in [1.29, 1.82) is 0 Å². The summed E-state index contributed by atoms with van der Waals surface area (Å²) in [6.45, 7) is -0.137. The van der Waals surface area contributed by atoms with Crippen LogP contribution in [0.2, 0.25) is 5.02 Å². The molecule has 2 heterocycles. The fourth-order valence-corrected chi connectivity index (χ4v) is 3.88. The summed E-state index contributed by atoms with van der Waals surface area (Å²) in [4.78, 5) is 20.3. The molecule has 152 valence electrons. The summed E-state index contributed by atoms with van der Waals surface area (Å²) in [6.07, 6.45) is 5.46. The van der Waals surface area contributed by atoms with Gasteiger partial charge in [0.1, 0.15) is 11.5 Å². The van der Waals surface area contributed by atoms with Crippen LogP contribution in [0.5, 0.6) is 0 Å². The minimum absolute atomic E-state index is 0.137. The van der Waals surface area contributed by atoms with Crippen molar-refractivity contribution >= 4 is 27.4 Å². The van der Waals surface area contributed by atoms with Gasteiger partial charge in [0.25, 0.3) is 0 Å². The molecule has 0 bridgehead atoms. The predicted molar refractivity (Wildman–Crippen MR) is 106 cm³/mol. The lowest BCUT2D eigenvalue weighted by atomic mass is 10.1. The Morgan fingerprint density at radius 3 is 2.66 bits per heavy atom. The van der Waals surface area contributed by atoms with E-state index in [0.717, 1.165) is 23.9 Å². The van der Waals surface area contributed by atoms with Crippen LogP contribution in [0.3, 0.4) is 0 Å². The Morgan fingerprint density at radius 1 is 1.24 bits per heavy atom. The number of carbonyl (C=O) groups excluding carboxylic acids is 1. The summed E-state index contributed by atoms with van der Waals surface area (Å²) in [5, 5.41) is -0.286. The molecule has 3 rings (SSSR count). The molecule has 0 spiro atoms. The first-order valence-electron chi connectivity index (χ1n) is 8.65. The Labute approximate surface area is 172 Å². The molecule has 0 aliphatic rings. The van der Waals surface area contributed by atoms with Crippen molar-refractivity contribution in [3.8, 4) is 0 Å². The molecule has 0 amide bonds. The summed E-state index contributed by atoms with van der Waals surface area (Å²) in [5.74, 6) is -0.851. The Balaban J connectivity index is 1.59. The fraction of sp³-hybridized carbons (Fsp3) is 0.211. The van der Waals surface area contributed by atoms with E-state index in [-0.39, 0.29) is 27.9 Å². The number of hydrogen-bond donors (Lipinski definition) is 1. The standard InChI is InChI=1S/C19H18ClFN4O3S/c1-25-8-2-3-14(25)4-7-19(26)18-12-22-13(10-23-18)11-24-29(27,28)15-5-6-17(21)16(20)9-15/h2-3,5-6,8-10,12,24H,4,7,11H2,1H3. The van der Waals surface area contributed by atoms with Crippen LogP contribution in [0.4, 0.5) is 4.39 Å². The van der Waals surface area contributed by atoms with E-state index in [4.69, 9.17) is 11.6 Å². The Bertz CT molecular complexity index is 1130. The van der Waals surface area contributed by atoms with Crippen LogP contribution in [0.25, 0.3) is 0 Å². The largest absolute Gasteiger partial charge is 0.354 e. The third-order valence-corrected chi connectivity index (χ3v) is 5.98. The number of hydrogen-bond acceptors (Lipinski definition) is 5. The van der Waals surface area contributed by atoms with Crippen molar-refractivity contribution in [3.63, 3.8) is 0 Å². The van der Waals surface area contributed by atoms with Crippen molar-refractivity contribution in [1.82, 2.24) is 19.3 Å². The number of halogens is 2. The Kier molecular flexibility index (Phi) is 6.41. The second-order valence-corrected chi connectivity index (χ2v) is 8.50. The molecule has 0 aliphatic carbocycles. The minimum atomic E-state index is -3.90. The maximum absolute atomic E-state index is 13.2. The molecule has 0 radical (unpaired) electrons. The van der Waals surface area contributed by atoms with Gasteiger partial charge >= 0.3 is 0 Å². The molecule has 0 atom stereocenters. The maximum Gasteiger partial charge on any atom is 0.240 e. The number of nitrogens with zero attached hydrogens (tertiary/aromatic N) is 3. The molecular formula is C19H18ClFN4O3S. The molecule has 0 aliphatic heterocycles. The van der Waals surface area contributed by atoms with Gasteiger partial charge in [0, 0.05) is 25.4 Å². The average molecular weight is 437 g/mol. The van der Waals surface area contributed by atoms with Crippen molar-refractivity contribution < 1.29 is 17.6 Å². The highest BCUT2D eigenvalue weighted by atomic mass is 35.5. The van der Waals surface area contributed by atoms with Crippen LogP contribution in [0, 0.1) is 5.82 Å². The second-order valence-electron chi connectivity index (χ2n) is 6.33. The lowest BCUT2D eigenvalue weighted by molar-refractivity contribution is 0.0977. The third-order valence-electron chi connectivity index (χ3n) is 4.30. The van der Waals surface area contributed by atoms with Gasteiger partial charge in [-0.1, -0.05) is 11.6 Å². The first kappa shape index (κ1) is 21.1. The molecule has 2 aromatic heterocycles. The van der Waals surface area contributed by atoms with E-state index in [2.05, 4.69) is 14.7 Å². The second kappa shape index (κ2) is 8.81. The number of nitrogens with one attached hydrogen (secondary N) is 1. The lowest BCUT2D eigenvalue weighted by Gasteiger charge is -2.07. The molecule has 7 nitrogen and oxygen atoms in total. The van der Waals surface area contributed by atoms with E-state index >= 15 is 0 Å². The molecular weight excluding hydrogens is 419 g/mol. The first-order valence-corrected chi connectivity index (χ1v) is 10.5. The number of ketones is 1. The van der Waals surface area contributed by atoms with E-state index in [1.54, 1.807) is 0 Å². The van der Waals surface area contributed by atoms with E-state index in [9.17, 15) is 17.6 Å². The molecule has 0 fully saturated rings. The van der Waals surface area contributed by atoms with Gasteiger partial charge in [-0.05, 0) is 36.8 Å². The summed E-state index contributed by atoms with van der Waals surface area (Å²) in [6, 6.07) is 6.98. The summed E-state index contributed by atoms with van der Waals surface area (Å²) in [7, 11) is -1.99. The average Bonchev–Trinajstić information content (AvgIpc) is 3.12. The fourth-order valence-electron chi connectivity index (χ4n) is 2.61. The van der Waals surface area contributed by atoms with Crippen LogP contribution in [0.1, 0.15) is 28.3 Å². The van der Waals surface area contributed by atoms with Gasteiger partial charge in [0.2, 0.25) is 10.0 Å². The Hall–Kier alpha value is -2.62. The number of rotatable bonds is 8. The van der Waals surface area contributed by atoms with Gasteiger partial charge in [0.05, 0.1) is 34.6 Å². The van der Waals surface area contributed by atoms with Crippen molar-refractivity contribution in [3.05, 3.63) is 76.8 Å². The zero-order valence-electron chi connectivity index (χ0n) is 15.5. The van der Waals surface area contributed by atoms with Crippen LogP contribution in [-0.4, -0.2) is 28.7 Å². The molecule has 0 unspecified atom stereocenters. The molecule has 0 saturated carbocycles. The van der Waals surface area contributed by atoms with Gasteiger partial charge in [-0.25, -0.2) is 22.5 Å². The SMILES string of the molecule is Cn1cccc1CCC(=O)c1cnc(CNS(=O)(=O)c2ccc(F)c(Cl)c2)cn1. The zero-order chi connectivity index (χ0) is 21.0. The van der Waals surface area contributed by atoms with Crippen LogP contribution in [0.15, 0.2) is 53.8 Å². The highest BCUT2D eigenvalue weighted by Gasteiger charge is 2.16. The molecule has 29 heavy (non-hydrogen) atoms. The number of sulfonamides is 1. The smallest absolute Gasteiger partial charge is 0.240 e. The van der Waals surface area contributed by atoms with E-state index in [1.165, 1.54) is 12.4 Å². The van der Waals surface area contributed by atoms with Crippen LogP contribution >= 0.6 is 11.6 Å². The third kappa shape index (κ3) is 5.26. The van der Waals surface area contributed by atoms with Gasteiger partial charge in [-0.3, -0.25) is 9.78 Å². The first-order chi connectivity index (χ1) is 13.8. The molecule has 10 heteroatoms. The highest BCUT2D eigenvalue weighted by Crippen LogP contribution is 2.19. The molecule has 3 aromatic rings. The van der Waals surface area contributed by atoms with Gasteiger partial charge in [-0.15, -0.1) is 0 Å². The summed E-state index contributed by atoms with van der Waals surface area (Å²) < 4.78 is 42.0.